The van der Waals surface area contributed by atoms with Crippen molar-refractivity contribution in [2.45, 2.75) is 32.7 Å². The predicted molar refractivity (Wildman–Crippen MR) is 71.2 cm³/mol. The molecule has 0 radical (unpaired) electrons. The molecule has 0 fully saturated rings. The van der Waals surface area contributed by atoms with Crippen LogP contribution in [0.4, 0.5) is 0 Å². The molecule has 0 aromatic rings. The maximum atomic E-state index is 11.5. The summed E-state index contributed by atoms with van der Waals surface area (Å²) in [5, 5.41) is 5.51. The van der Waals surface area contributed by atoms with Crippen molar-refractivity contribution in [1.29, 1.82) is 0 Å². The zero-order chi connectivity index (χ0) is 13.4. The molecule has 0 aliphatic carbocycles. The Hall–Kier alpha value is -1.72. The highest BCUT2D eigenvalue weighted by molar-refractivity contribution is 6.00. The van der Waals surface area contributed by atoms with Crippen molar-refractivity contribution in [1.82, 2.24) is 10.6 Å². The van der Waals surface area contributed by atoms with E-state index in [-0.39, 0.29) is 24.3 Å². The van der Waals surface area contributed by atoms with Gasteiger partial charge >= 0.3 is 0 Å². The molecular formula is C12H20N4O2. The van der Waals surface area contributed by atoms with Gasteiger partial charge in [-0.05, 0) is 13.8 Å². The van der Waals surface area contributed by atoms with Crippen molar-refractivity contribution < 1.29 is 9.59 Å². The van der Waals surface area contributed by atoms with E-state index in [1.807, 2.05) is 13.8 Å². The molecule has 1 aliphatic rings. The summed E-state index contributed by atoms with van der Waals surface area (Å²) in [5.74, 6) is -0.0787. The first-order chi connectivity index (χ1) is 8.58. The van der Waals surface area contributed by atoms with E-state index >= 15 is 0 Å². The van der Waals surface area contributed by atoms with Crippen LogP contribution in [0.15, 0.2) is 9.98 Å². The van der Waals surface area contributed by atoms with Crippen LogP contribution in [0.25, 0.3) is 0 Å². The van der Waals surface area contributed by atoms with Crippen molar-refractivity contribution in [3.05, 3.63) is 0 Å². The van der Waals surface area contributed by atoms with Crippen molar-refractivity contribution in [2.24, 2.45) is 9.98 Å². The summed E-state index contributed by atoms with van der Waals surface area (Å²) in [5.41, 5.74) is 0.768. The zero-order valence-corrected chi connectivity index (χ0v) is 10.9. The van der Waals surface area contributed by atoms with Gasteiger partial charge in [0.15, 0.2) is 0 Å². The lowest BCUT2D eigenvalue weighted by atomic mass is 10.2. The Bertz CT molecular complexity index is 363. The van der Waals surface area contributed by atoms with Crippen LogP contribution in [-0.4, -0.2) is 49.4 Å². The Morgan fingerprint density at radius 1 is 1.28 bits per heavy atom. The molecule has 2 amide bonds. The van der Waals surface area contributed by atoms with E-state index in [0.29, 0.717) is 26.1 Å². The summed E-state index contributed by atoms with van der Waals surface area (Å²) in [6.07, 6.45) is 2.28. The summed E-state index contributed by atoms with van der Waals surface area (Å²) in [7, 11) is 0. The average molecular weight is 252 g/mol. The lowest BCUT2D eigenvalue weighted by molar-refractivity contribution is -0.121. The van der Waals surface area contributed by atoms with Gasteiger partial charge in [0.25, 0.3) is 0 Å². The summed E-state index contributed by atoms with van der Waals surface area (Å²) >= 11 is 0. The van der Waals surface area contributed by atoms with Crippen molar-refractivity contribution >= 4 is 23.7 Å². The highest BCUT2D eigenvalue weighted by atomic mass is 16.2. The molecule has 1 unspecified atom stereocenters. The summed E-state index contributed by atoms with van der Waals surface area (Å²) in [4.78, 5) is 31.4. The molecule has 1 heterocycles. The van der Waals surface area contributed by atoms with Crippen molar-refractivity contribution in [3.63, 3.8) is 0 Å². The number of carbonyl (C=O) groups excluding carboxylic acids is 2. The average Bonchev–Trinajstić information content (AvgIpc) is 2.29. The normalized spacial score (nSPS) is 23.7. The smallest absolute Gasteiger partial charge is 0.225 e. The highest BCUT2D eigenvalue weighted by Crippen LogP contribution is 1.96. The molecule has 0 bridgehead atoms. The van der Waals surface area contributed by atoms with E-state index in [1.165, 1.54) is 0 Å². The minimum atomic E-state index is -0.0740. The fourth-order valence-electron chi connectivity index (χ4n) is 1.58. The number of nitrogens with one attached hydrogen (secondary N) is 2. The maximum absolute atomic E-state index is 11.5. The zero-order valence-electron chi connectivity index (χ0n) is 10.9. The topological polar surface area (TPSA) is 82.9 Å². The van der Waals surface area contributed by atoms with Gasteiger partial charge in [-0.25, -0.2) is 0 Å². The Balaban J connectivity index is 2.59. The standard InChI is InChI=1S/C12H20N4O2/c1-9-7-11(17)15-6-4-14-10(2)8-12(18)16-5-3-13-9/h3,9H,4-8H2,1-2H3,(H,15,17)(H,16,18). The van der Waals surface area contributed by atoms with Gasteiger partial charge in [-0.1, -0.05) is 0 Å². The summed E-state index contributed by atoms with van der Waals surface area (Å²) in [6.45, 7) is 5.06. The predicted octanol–water partition coefficient (Wildman–Crippen LogP) is -0.0672. The van der Waals surface area contributed by atoms with E-state index in [9.17, 15) is 9.59 Å². The van der Waals surface area contributed by atoms with Gasteiger partial charge in [0.05, 0.1) is 25.6 Å². The number of aliphatic imine (C=N–C) groups is 2. The Labute approximate surface area is 107 Å². The lowest BCUT2D eigenvalue weighted by Gasteiger charge is -2.08. The van der Waals surface area contributed by atoms with Gasteiger partial charge in [-0.3, -0.25) is 19.6 Å². The first-order valence-corrected chi connectivity index (χ1v) is 6.13. The fraction of sp³-hybridized carbons (Fsp3) is 0.667. The van der Waals surface area contributed by atoms with Crippen molar-refractivity contribution in [2.75, 3.05) is 19.6 Å². The van der Waals surface area contributed by atoms with Crippen LogP contribution in [0.1, 0.15) is 26.7 Å². The number of nitrogens with zero attached hydrogens (tertiary/aromatic N) is 2. The quantitative estimate of drug-likeness (QED) is 0.632. The number of hydrogen-bond acceptors (Lipinski definition) is 4. The molecule has 2 N–H and O–H groups in total. The second-order valence-electron chi connectivity index (χ2n) is 4.33. The largest absolute Gasteiger partial charge is 0.354 e. The minimum Gasteiger partial charge on any atom is -0.354 e. The second-order valence-corrected chi connectivity index (χ2v) is 4.33. The maximum Gasteiger partial charge on any atom is 0.225 e. The highest BCUT2D eigenvalue weighted by Gasteiger charge is 2.07. The summed E-state index contributed by atoms with van der Waals surface area (Å²) < 4.78 is 0. The van der Waals surface area contributed by atoms with Gasteiger partial charge in [-0.15, -0.1) is 0 Å². The molecule has 0 spiro atoms. The third-order valence-electron chi connectivity index (χ3n) is 2.46. The van der Waals surface area contributed by atoms with Crippen molar-refractivity contribution in [3.8, 4) is 0 Å². The SMILES string of the molecule is CC1=NCCNC(=O)CC(C)N=CCNC(=O)C1. The third-order valence-corrected chi connectivity index (χ3v) is 2.46. The Morgan fingerprint density at radius 3 is 2.83 bits per heavy atom. The molecule has 0 saturated heterocycles. The fourth-order valence-corrected chi connectivity index (χ4v) is 1.58. The van der Waals surface area contributed by atoms with Gasteiger partial charge in [-0.2, -0.15) is 0 Å². The van der Waals surface area contributed by atoms with Crippen LogP contribution in [0.3, 0.4) is 0 Å². The molecule has 18 heavy (non-hydrogen) atoms. The number of rotatable bonds is 0. The van der Waals surface area contributed by atoms with E-state index in [4.69, 9.17) is 0 Å². The lowest BCUT2D eigenvalue weighted by Crippen LogP contribution is -2.30. The van der Waals surface area contributed by atoms with E-state index < -0.39 is 0 Å². The molecule has 0 aromatic carbocycles. The molecule has 1 rings (SSSR count). The second kappa shape index (κ2) is 7.58. The van der Waals surface area contributed by atoms with Gasteiger partial charge in [0, 0.05) is 24.9 Å². The molecule has 0 aromatic heterocycles. The monoisotopic (exact) mass is 252 g/mol. The van der Waals surface area contributed by atoms with Gasteiger partial charge in [0.1, 0.15) is 0 Å². The Kier molecular flexibility index (Phi) is 6.04. The minimum absolute atomic E-state index is 0.0198. The first-order valence-electron chi connectivity index (χ1n) is 6.13. The number of hydrogen-bond donors (Lipinski definition) is 2. The first kappa shape index (κ1) is 14.3. The molecular weight excluding hydrogens is 232 g/mol. The number of carbonyl (C=O) groups is 2. The van der Waals surface area contributed by atoms with Crippen LogP contribution in [0, 0.1) is 0 Å². The molecule has 0 saturated carbocycles. The summed E-state index contributed by atoms with van der Waals surface area (Å²) in [6, 6.07) is -0.0740. The van der Waals surface area contributed by atoms with Crippen LogP contribution in [0.5, 0.6) is 0 Å². The third kappa shape index (κ3) is 6.12. The molecule has 1 aliphatic heterocycles. The molecule has 6 heteroatoms. The molecule has 1 atom stereocenters. The Morgan fingerprint density at radius 2 is 2.06 bits per heavy atom. The van der Waals surface area contributed by atoms with E-state index in [1.54, 1.807) is 6.21 Å². The van der Waals surface area contributed by atoms with Crippen LogP contribution in [-0.2, 0) is 9.59 Å². The van der Waals surface area contributed by atoms with Gasteiger partial charge in [0.2, 0.25) is 11.8 Å². The number of amides is 2. The van der Waals surface area contributed by atoms with Crippen LogP contribution >= 0.6 is 0 Å². The van der Waals surface area contributed by atoms with E-state index in [2.05, 4.69) is 20.6 Å². The molecule has 6 nitrogen and oxygen atoms in total. The van der Waals surface area contributed by atoms with E-state index in [0.717, 1.165) is 5.71 Å². The van der Waals surface area contributed by atoms with Crippen LogP contribution in [0.2, 0.25) is 0 Å². The van der Waals surface area contributed by atoms with Gasteiger partial charge < -0.3 is 10.6 Å². The van der Waals surface area contributed by atoms with Crippen LogP contribution < -0.4 is 10.6 Å². The molecule has 100 valence electrons.